The van der Waals surface area contributed by atoms with Crippen LogP contribution in [-0.2, 0) is 4.74 Å². The predicted octanol–water partition coefficient (Wildman–Crippen LogP) is 6.04. The molecule has 2 saturated heterocycles. The molecule has 2 fully saturated rings. The summed E-state index contributed by atoms with van der Waals surface area (Å²) in [6.45, 7) is 9.89. The zero-order chi connectivity index (χ0) is 26.2. The van der Waals surface area contributed by atoms with E-state index >= 15 is 0 Å². The molecular weight excluding hydrogens is 501 g/mol. The number of aromatic nitrogens is 2. The first-order valence-electron chi connectivity index (χ1n) is 12.9. The van der Waals surface area contributed by atoms with E-state index in [1.807, 2.05) is 27.8 Å². The van der Waals surface area contributed by atoms with Crippen LogP contribution in [0.2, 0.25) is 0 Å². The lowest BCUT2D eigenvalue weighted by Crippen LogP contribution is -2.45. The van der Waals surface area contributed by atoms with Crippen molar-refractivity contribution < 1.29 is 13.9 Å². The Morgan fingerprint density at radius 3 is 2.71 bits per heavy atom. The maximum atomic E-state index is 14.6. The van der Waals surface area contributed by atoms with Crippen molar-refractivity contribution in [3.8, 4) is 21.6 Å². The summed E-state index contributed by atoms with van der Waals surface area (Å²) in [5.41, 5.74) is 9.36. The molecule has 194 valence electrons. The normalized spacial score (nSPS) is 18.6. The molecule has 9 heteroatoms. The summed E-state index contributed by atoms with van der Waals surface area (Å²) in [4.78, 5) is 20.0. The smallest absolute Gasteiger partial charge is 0.264 e. The van der Waals surface area contributed by atoms with Crippen LogP contribution in [0.3, 0.4) is 0 Å². The van der Waals surface area contributed by atoms with E-state index in [1.165, 1.54) is 23.5 Å². The second kappa shape index (κ2) is 10.3. The molecular formula is C29H28FN5O2S. The van der Waals surface area contributed by atoms with Crippen molar-refractivity contribution in [2.45, 2.75) is 37.8 Å². The van der Waals surface area contributed by atoms with Crippen molar-refractivity contribution in [3.63, 3.8) is 0 Å². The number of hydrogen-bond acceptors (Lipinski definition) is 5. The van der Waals surface area contributed by atoms with E-state index in [-0.39, 0.29) is 17.6 Å². The quantitative estimate of drug-likeness (QED) is 0.327. The molecule has 2 aromatic carbocycles. The van der Waals surface area contributed by atoms with Crippen molar-refractivity contribution in [1.82, 2.24) is 14.7 Å². The lowest BCUT2D eigenvalue weighted by atomic mass is 10.0. The van der Waals surface area contributed by atoms with E-state index in [1.54, 1.807) is 6.07 Å². The minimum atomic E-state index is -0.572. The Morgan fingerprint density at radius 2 is 1.95 bits per heavy atom. The van der Waals surface area contributed by atoms with Gasteiger partial charge in [-0.1, -0.05) is 18.2 Å². The lowest BCUT2D eigenvalue weighted by molar-refractivity contribution is 0.0664. The topological polar surface area (TPSA) is 77.7 Å². The van der Waals surface area contributed by atoms with Crippen LogP contribution in [0.1, 0.15) is 41.4 Å². The number of fused-ring (bicyclic) bond motifs is 1. The molecule has 2 aromatic heterocycles. The van der Waals surface area contributed by atoms with Gasteiger partial charge in [-0.2, -0.15) is 5.10 Å². The van der Waals surface area contributed by atoms with Crippen LogP contribution < -0.4 is 5.73 Å². The third kappa shape index (κ3) is 4.71. The molecule has 0 aliphatic carbocycles. The maximum Gasteiger partial charge on any atom is 0.264 e. The maximum absolute atomic E-state index is 14.6. The summed E-state index contributed by atoms with van der Waals surface area (Å²) in [5, 5.41) is 5.81. The Morgan fingerprint density at radius 1 is 1.13 bits per heavy atom. The highest BCUT2D eigenvalue weighted by Gasteiger charge is 2.26. The first kappa shape index (κ1) is 24.7. The number of hydrogen-bond donors (Lipinski definition) is 1. The lowest BCUT2D eigenvalue weighted by Gasteiger charge is -2.30. The van der Waals surface area contributed by atoms with Crippen molar-refractivity contribution in [1.29, 1.82) is 0 Å². The summed E-state index contributed by atoms with van der Waals surface area (Å²) in [6.07, 6.45) is 5.75. The molecule has 2 N–H and O–H groups in total. The van der Waals surface area contributed by atoms with Crippen molar-refractivity contribution in [2.75, 3.05) is 26.3 Å². The molecule has 7 nitrogen and oxygen atoms in total. The number of nitrogens with two attached hydrogens (primary N) is 1. The predicted molar refractivity (Wildman–Crippen MR) is 147 cm³/mol. The third-order valence-electron chi connectivity index (χ3n) is 7.42. The number of amides is 1. The number of benzene rings is 2. The number of likely N-dealkylation sites (tertiary alicyclic amines) is 1. The van der Waals surface area contributed by atoms with Gasteiger partial charge in [0.05, 0.1) is 23.0 Å². The molecule has 1 amide bonds. The van der Waals surface area contributed by atoms with Crippen LogP contribution >= 0.6 is 11.3 Å². The molecule has 1 atom stereocenters. The average Bonchev–Trinajstić information content (AvgIpc) is 3.58. The molecule has 38 heavy (non-hydrogen) atoms. The van der Waals surface area contributed by atoms with E-state index in [0.717, 1.165) is 65.8 Å². The second-order valence-electron chi connectivity index (χ2n) is 10.0. The van der Waals surface area contributed by atoms with E-state index in [9.17, 15) is 9.18 Å². The number of piperidine rings is 1. The highest BCUT2D eigenvalue weighted by Crippen LogP contribution is 2.42. The molecule has 2 aliphatic rings. The summed E-state index contributed by atoms with van der Waals surface area (Å²) >= 11 is 1.41. The minimum absolute atomic E-state index is 0.0171. The van der Waals surface area contributed by atoms with Gasteiger partial charge in [-0.05, 0) is 61.1 Å². The van der Waals surface area contributed by atoms with Crippen molar-refractivity contribution in [3.05, 3.63) is 70.8 Å². The van der Waals surface area contributed by atoms with Crippen LogP contribution in [0.5, 0.6) is 0 Å². The number of nitrogens with zero attached hydrogens (tertiary/aromatic N) is 4. The molecule has 0 bridgehead atoms. The van der Waals surface area contributed by atoms with Gasteiger partial charge in [0.2, 0.25) is 5.69 Å². The van der Waals surface area contributed by atoms with Crippen LogP contribution in [0, 0.1) is 12.4 Å². The van der Waals surface area contributed by atoms with Gasteiger partial charge < -0.3 is 15.4 Å². The third-order valence-corrected chi connectivity index (χ3v) is 8.59. The van der Waals surface area contributed by atoms with Gasteiger partial charge in [0.1, 0.15) is 5.82 Å². The first-order valence-corrected chi connectivity index (χ1v) is 13.7. The second-order valence-corrected chi connectivity index (χ2v) is 11.1. The number of halogens is 1. The highest BCUT2D eigenvalue weighted by molar-refractivity contribution is 7.18. The summed E-state index contributed by atoms with van der Waals surface area (Å²) < 4.78 is 22.2. The van der Waals surface area contributed by atoms with Gasteiger partial charge in [0.25, 0.3) is 5.91 Å². The Labute approximate surface area is 224 Å². The summed E-state index contributed by atoms with van der Waals surface area (Å²) in [5.74, 6) is -0.623. The fourth-order valence-corrected chi connectivity index (χ4v) is 6.51. The van der Waals surface area contributed by atoms with Gasteiger partial charge in [0, 0.05) is 54.4 Å². The van der Waals surface area contributed by atoms with Gasteiger partial charge in [0.15, 0.2) is 0 Å². The Bertz CT molecular complexity index is 1550. The molecule has 0 radical (unpaired) electrons. The summed E-state index contributed by atoms with van der Waals surface area (Å²) in [7, 11) is 0. The van der Waals surface area contributed by atoms with E-state index in [4.69, 9.17) is 22.1 Å². The molecule has 4 aromatic rings. The number of carbonyl (C=O) groups excluding carboxylic acids is 1. The van der Waals surface area contributed by atoms with Gasteiger partial charge in [-0.15, -0.1) is 11.3 Å². The van der Waals surface area contributed by atoms with E-state index in [2.05, 4.69) is 17.1 Å². The SMILES string of the molecule is [C-]#[N+]c1ccc(-c2cc(C(=O)N3CCC[C@@H](N)C3)sc2-c2ccc3nn(C4CCOCC4)cc3c2)cc1F. The van der Waals surface area contributed by atoms with Crippen molar-refractivity contribution >= 4 is 33.8 Å². The van der Waals surface area contributed by atoms with Gasteiger partial charge >= 0.3 is 0 Å². The van der Waals surface area contributed by atoms with Gasteiger partial charge in [-0.3, -0.25) is 9.48 Å². The highest BCUT2D eigenvalue weighted by atomic mass is 32.1. The number of ether oxygens (including phenoxy) is 1. The Kier molecular flexibility index (Phi) is 6.70. The average molecular weight is 530 g/mol. The van der Waals surface area contributed by atoms with Crippen LogP contribution in [-0.4, -0.2) is 52.9 Å². The zero-order valence-corrected chi connectivity index (χ0v) is 21.7. The molecule has 0 spiro atoms. The van der Waals surface area contributed by atoms with Crippen molar-refractivity contribution in [2.24, 2.45) is 5.73 Å². The molecule has 2 aliphatic heterocycles. The molecule has 6 rings (SSSR count). The number of carbonyl (C=O) groups is 1. The largest absolute Gasteiger partial charge is 0.381 e. The molecule has 0 saturated carbocycles. The van der Waals surface area contributed by atoms with Gasteiger partial charge in [-0.25, -0.2) is 9.24 Å². The van der Waals surface area contributed by atoms with E-state index in [0.29, 0.717) is 29.6 Å². The number of rotatable bonds is 4. The Hall–Kier alpha value is -3.58. The van der Waals surface area contributed by atoms with Crippen LogP contribution in [0.4, 0.5) is 10.1 Å². The van der Waals surface area contributed by atoms with E-state index < -0.39 is 5.82 Å². The first-order chi connectivity index (χ1) is 18.5. The fraction of sp³-hybridized carbons (Fsp3) is 0.345. The fourth-order valence-electron chi connectivity index (χ4n) is 5.36. The Balaban J connectivity index is 1.42. The zero-order valence-electron chi connectivity index (χ0n) is 20.9. The molecule has 4 heterocycles. The minimum Gasteiger partial charge on any atom is -0.381 e. The van der Waals surface area contributed by atoms with Crippen LogP contribution in [0.15, 0.2) is 48.7 Å². The number of thiophene rings is 1. The monoisotopic (exact) mass is 529 g/mol. The standard InChI is InChI=1S/C29H28FN5O2S/c1-32-26-7-4-18(14-24(26)30)23-15-27(29(36)34-10-2-3-21(31)17-34)38-28(23)19-5-6-25-20(13-19)16-35(33-25)22-8-11-37-12-9-22/h4-7,13-16,21-22H,2-3,8-12,17,31H2/t21-/m1/s1. The molecule has 0 unspecified atom stereocenters. The summed E-state index contributed by atoms with van der Waals surface area (Å²) in [6, 6.07) is 12.9. The van der Waals surface area contributed by atoms with Crippen LogP contribution in [0.25, 0.3) is 37.3 Å².